The van der Waals surface area contributed by atoms with Gasteiger partial charge in [0.15, 0.2) is 0 Å². The van der Waals surface area contributed by atoms with E-state index in [2.05, 4.69) is 45.5 Å². The predicted octanol–water partition coefficient (Wildman–Crippen LogP) is 4.32. The van der Waals surface area contributed by atoms with Crippen LogP contribution in [-0.4, -0.2) is 18.8 Å². The molecule has 1 saturated carbocycles. The van der Waals surface area contributed by atoms with Crippen molar-refractivity contribution in [2.24, 2.45) is 5.92 Å². The van der Waals surface area contributed by atoms with Gasteiger partial charge in [-0.15, -0.1) is 11.8 Å². The molecule has 2 rings (SSSR count). The largest absolute Gasteiger partial charge is 0.316 e. The van der Waals surface area contributed by atoms with E-state index in [9.17, 15) is 0 Å². The van der Waals surface area contributed by atoms with E-state index < -0.39 is 0 Å². The lowest BCUT2D eigenvalue weighted by atomic mass is 10.1. The maximum Gasteiger partial charge on any atom is 0.0311 e. The molecule has 17 heavy (non-hydrogen) atoms. The van der Waals surface area contributed by atoms with Crippen LogP contribution in [0.5, 0.6) is 0 Å². The summed E-state index contributed by atoms with van der Waals surface area (Å²) in [5, 5.41) is 3.58. The second-order valence-corrected chi connectivity index (χ2v) is 6.62. The zero-order chi connectivity index (χ0) is 11.9. The number of nitrogens with one attached hydrogen (secondary N) is 1. The van der Waals surface area contributed by atoms with E-state index >= 15 is 0 Å². The Morgan fingerprint density at radius 3 is 2.76 bits per heavy atom. The second-order valence-electron chi connectivity index (χ2n) is 4.63. The summed E-state index contributed by atoms with van der Waals surface area (Å²) in [5.41, 5.74) is 0. The van der Waals surface area contributed by atoms with Crippen molar-refractivity contribution < 1.29 is 0 Å². The van der Waals surface area contributed by atoms with Crippen LogP contribution in [0.1, 0.15) is 25.7 Å². The smallest absolute Gasteiger partial charge is 0.0311 e. The lowest BCUT2D eigenvalue weighted by Gasteiger charge is -2.10. The Morgan fingerprint density at radius 2 is 2.00 bits per heavy atom. The summed E-state index contributed by atoms with van der Waals surface area (Å²) in [6.45, 7) is 2.33. The fourth-order valence-corrected chi connectivity index (χ4v) is 3.79. The van der Waals surface area contributed by atoms with Gasteiger partial charge in [-0.2, -0.15) is 0 Å². The summed E-state index contributed by atoms with van der Waals surface area (Å²) in [5.74, 6) is 2.10. The van der Waals surface area contributed by atoms with Gasteiger partial charge in [0.1, 0.15) is 0 Å². The van der Waals surface area contributed by atoms with Gasteiger partial charge in [-0.1, -0.05) is 25.0 Å². The van der Waals surface area contributed by atoms with Crippen LogP contribution < -0.4 is 5.32 Å². The summed E-state index contributed by atoms with van der Waals surface area (Å²) in [7, 11) is 0. The molecule has 0 saturated heterocycles. The summed E-state index contributed by atoms with van der Waals surface area (Å²) in [6.07, 6.45) is 5.75. The molecular weight excluding hydrogens is 294 g/mol. The van der Waals surface area contributed by atoms with E-state index in [1.807, 2.05) is 11.8 Å². The molecule has 1 aliphatic rings. The van der Waals surface area contributed by atoms with Crippen molar-refractivity contribution in [1.29, 1.82) is 0 Å². The monoisotopic (exact) mass is 313 g/mol. The van der Waals surface area contributed by atoms with Crippen molar-refractivity contribution >= 4 is 27.7 Å². The van der Waals surface area contributed by atoms with Gasteiger partial charge in [0.05, 0.1) is 0 Å². The van der Waals surface area contributed by atoms with Crippen LogP contribution in [0.3, 0.4) is 0 Å². The maximum atomic E-state index is 3.58. The molecule has 1 aromatic rings. The minimum atomic E-state index is 0.948. The van der Waals surface area contributed by atoms with Crippen LogP contribution in [0.4, 0.5) is 0 Å². The number of halogens is 1. The van der Waals surface area contributed by atoms with Crippen molar-refractivity contribution in [3.05, 3.63) is 28.7 Å². The van der Waals surface area contributed by atoms with Crippen LogP contribution in [-0.2, 0) is 0 Å². The second kappa shape index (κ2) is 7.45. The van der Waals surface area contributed by atoms with Gasteiger partial charge < -0.3 is 5.32 Å². The highest BCUT2D eigenvalue weighted by Gasteiger charge is 2.13. The molecule has 0 unspecified atom stereocenters. The summed E-state index contributed by atoms with van der Waals surface area (Å²) in [6, 6.07) is 8.44. The predicted molar refractivity (Wildman–Crippen MR) is 79.7 cm³/mol. The fourth-order valence-electron chi connectivity index (χ4n) is 2.32. The first-order valence-electron chi connectivity index (χ1n) is 6.44. The molecule has 1 fully saturated rings. The molecule has 1 N–H and O–H groups in total. The summed E-state index contributed by atoms with van der Waals surface area (Å²) in [4.78, 5) is 1.34. The molecule has 0 aliphatic heterocycles. The van der Waals surface area contributed by atoms with Crippen LogP contribution in [0.25, 0.3) is 0 Å². The number of hydrogen-bond donors (Lipinski definition) is 1. The molecular formula is C14H20BrNS. The summed E-state index contributed by atoms with van der Waals surface area (Å²) < 4.78 is 1.21. The van der Waals surface area contributed by atoms with E-state index in [0.29, 0.717) is 0 Å². The Kier molecular flexibility index (Phi) is 5.89. The van der Waals surface area contributed by atoms with Crippen molar-refractivity contribution in [3.8, 4) is 0 Å². The maximum absolute atomic E-state index is 3.58. The van der Waals surface area contributed by atoms with Crippen molar-refractivity contribution in [3.63, 3.8) is 0 Å². The van der Waals surface area contributed by atoms with Gasteiger partial charge >= 0.3 is 0 Å². The number of hydrogen-bond acceptors (Lipinski definition) is 2. The molecule has 3 heteroatoms. The first kappa shape index (κ1) is 13.4. The number of rotatable bonds is 6. The molecule has 0 aromatic heterocycles. The van der Waals surface area contributed by atoms with E-state index in [-0.39, 0.29) is 0 Å². The van der Waals surface area contributed by atoms with E-state index in [1.165, 1.54) is 41.6 Å². The third-order valence-corrected chi connectivity index (χ3v) is 5.31. The van der Waals surface area contributed by atoms with E-state index in [0.717, 1.165) is 18.2 Å². The van der Waals surface area contributed by atoms with Crippen LogP contribution in [0.15, 0.2) is 33.6 Å². The molecule has 0 amide bonds. The third kappa shape index (κ3) is 4.65. The lowest BCUT2D eigenvalue weighted by Crippen LogP contribution is -2.23. The van der Waals surface area contributed by atoms with Crippen molar-refractivity contribution in [1.82, 2.24) is 5.32 Å². The quantitative estimate of drug-likeness (QED) is 0.620. The van der Waals surface area contributed by atoms with Gasteiger partial charge in [0.25, 0.3) is 0 Å². The lowest BCUT2D eigenvalue weighted by molar-refractivity contribution is 0.500. The highest BCUT2D eigenvalue weighted by Crippen LogP contribution is 2.26. The van der Waals surface area contributed by atoms with Gasteiger partial charge in [0, 0.05) is 21.7 Å². The van der Waals surface area contributed by atoms with Gasteiger partial charge in [-0.05, 0) is 53.4 Å². The molecule has 0 bridgehead atoms. The normalized spacial score (nSPS) is 16.5. The molecule has 0 heterocycles. The Hall–Kier alpha value is 0.01000. The molecule has 1 aliphatic carbocycles. The average Bonchev–Trinajstić information content (AvgIpc) is 2.84. The van der Waals surface area contributed by atoms with Crippen molar-refractivity contribution in [2.75, 3.05) is 18.8 Å². The SMILES string of the molecule is Brc1ccccc1SCCNCC1CCCC1. The van der Waals surface area contributed by atoms with Gasteiger partial charge in [-0.25, -0.2) is 0 Å². The van der Waals surface area contributed by atoms with Gasteiger partial charge in [0.2, 0.25) is 0 Å². The molecule has 94 valence electrons. The Balaban J connectivity index is 1.58. The van der Waals surface area contributed by atoms with E-state index in [4.69, 9.17) is 0 Å². The summed E-state index contributed by atoms with van der Waals surface area (Å²) >= 11 is 5.50. The minimum absolute atomic E-state index is 0.948. The first-order valence-corrected chi connectivity index (χ1v) is 8.22. The highest BCUT2D eigenvalue weighted by molar-refractivity contribution is 9.10. The molecule has 0 radical (unpaired) electrons. The zero-order valence-electron chi connectivity index (χ0n) is 10.1. The third-order valence-electron chi connectivity index (χ3n) is 3.28. The van der Waals surface area contributed by atoms with Crippen LogP contribution in [0.2, 0.25) is 0 Å². The van der Waals surface area contributed by atoms with Crippen LogP contribution >= 0.6 is 27.7 Å². The minimum Gasteiger partial charge on any atom is -0.316 e. The molecule has 0 atom stereocenters. The Bertz CT molecular complexity index is 337. The van der Waals surface area contributed by atoms with Crippen LogP contribution in [0, 0.1) is 5.92 Å². The fraction of sp³-hybridized carbons (Fsp3) is 0.571. The zero-order valence-corrected chi connectivity index (χ0v) is 12.5. The highest BCUT2D eigenvalue weighted by atomic mass is 79.9. The Labute approximate surface area is 117 Å². The number of thioether (sulfide) groups is 1. The van der Waals surface area contributed by atoms with Crippen molar-refractivity contribution in [2.45, 2.75) is 30.6 Å². The first-order chi connectivity index (χ1) is 8.36. The number of benzene rings is 1. The topological polar surface area (TPSA) is 12.0 Å². The molecule has 1 aromatic carbocycles. The Morgan fingerprint density at radius 1 is 1.24 bits per heavy atom. The van der Waals surface area contributed by atoms with E-state index in [1.54, 1.807) is 0 Å². The van der Waals surface area contributed by atoms with Gasteiger partial charge in [-0.3, -0.25) is 0 Å². The molecule has 0 spiro atoms. The standard InChI is InChI=1S/C14H20BrNS/c15-13-7-3-4-8-14(13)17-10-9-16-11-12-5-1-2-6-12/h3-4,7-8,12,16H,1-2,5-6,9-11H2. The molecule has 1 nitrogen and oxygen atoms in total. The average molecular weight is 314 g/mol.